The highest BCUT2D eigenvalue weighted by Gasteiger charge is 2.09. The van der Waals surface area contributed by atoms with Crippen LogP contribution in [0.3, 0.4) is 0 Å². The molecule has 0 unspecified atom stereocenters. The van der Waals surface area contributed by atoms with Crippen LogP contribution < -0.4 is 16.1 Å². The SMILES string of the molecule is COc1ccc2c(=O)oc(C(N)=O)cc2c1. The predicted octanol–water partition coefficient (Wildman–Crippen LogP) is 0.901. The summed E-state index contributed by atoms with van der Waals surface area (Å²) in [6.07, 6.45) is 0. The van der Waals surface area contributed by atoms with Crippen LogP contribution in [0.2, 0.25) is 0 Å². The summed E-state index contributed by atoms with van der Waals surface area (Å²) in [5.41, 5.74) is 4.45. The lowest BCUT2D eigenvalue weighted by Gasteiger charge is -2.02. The van der Waals surface area contributed by atoms with Crippen molar-refractivity contribution in [1.29, 1.82) is 0 Å². The fraction of sp³-hybridized carbons (Fsp3) is 0.0909. The molecule has 0 spiro atoms. The summed E-state index contributed by atoms with van der Waals surface area (Å²) in [6.45, 7) is 0. The number of hydrogen-bond donors (Lipinski definition) is 1. The average Bonchev–Trinajstić information content (AvgIpc) is 2.28. The van der Waals surface area contributed by atoms with Crippen LogP contribution in [0, 0.1) is 0 Å². The molecule has 1 aromatic heterocycles. The third-order valence-electron chi connectivity index (χ3n) is 2.21. The van der Waals surface area contributed by atoms with Gasteiger partial charge in [0.2, 0.25) is 0 Å². The van der Waals surface area contributed by atoms with Crippen LogP contribution in [0.15, 0.2) is 33.5 Å². The molecule has 1 heterocycles. The maximum absolute atomic E-state index is 11.5. The Kier molecular flexibility index (Phi) is 2.36. The molecule has 5 nitrogen and oxygen atoms in total. The van der Waals surface area contributed by atoms with E-state index in [4.69, 9.17) is 14.9 Å². The topological polar surface area (TPSA) is 82.5 Å². The molecule has 0 aliphatic carbocycles. The van der Waals surface area contributed by atoms with E-state index in [1.165, 1.54) is 13.2 Å². The zero-order valence-electron chi connectivity index (χ0n) is 8.52. The summed E-state index contributed by atoms with van der Waals surface area (Å²) < 4.78 is 9.77. The van der Waals surface area contributed by atoms with Crippen LogP contribution in [-0.4, -0.2) is 13.0 Å². The van der Waals surface area contributed by atoms with E-state index < -0.39 is 11.5 Å². The number of methoxy groups -OCH3 is 1. The number of benzene rings is 1. The Balaban J connectivity index is 2.78. The number of fused-ring (bicyclic) bond motifs is 1. The molecule has 0 atom stereocenters. The Morgan fingerprint density at radius 1 is 1.38 bits per heavy atom. The largest absolute Gasteiger partial charge is 0.497 e. The second-order valence-corrected chi connectivity index (χ2v) is 3.22. The minimum atomic E-state index is -0.776. The van der Waals surface area contributed by atoms with E-state index in [1.807, 2.05) is 0 Å². The van der Waals surface area contributed by atoms with Gasteiger partial charge in [-0.05, 0) is 29.7 Å². The van der Waals surface area contributed by atoms with Gasteiger partial charge in [-0.3, -0.25) is 4.79 Å². The number of nitrogens with two attached hydrogens (primary N) is 1. The normalized spacial score (nSPS) is 10.3. The molecule has 5 heteroatoms. The lowest BCUT2D eigenvalue weighted by molar-refractivity contribution is 0.0970. The highest BCUT2D eigenvalue weighted by atomic mass is 16.5. The van der Waals surface area contributed by atoms with Crippen LogP contribution in [0.25, 0.3) is 10.8 Å². The van der Waals surface area contributed by atoms with Crippen molar-refractivity contribution in [3.05, 3.63) is 40.4 Å². The molecule has 16 heavy (non-hydrogen) atoms. The predicted molar refractivity (Wildman–Crippen MR) is 57.6 cm³/mol. The van der Waals surface area contributed by atoms with Gasteiger partial charge in [0.15, 0.2) is 5.76 Å². The molecule has 0 radical (unpaired) electrons. The van der Waals surface area contributed by atoms with Crippen LogP contribution in [-0.2, 0) is 0 Å². The average molecular weight is 219 g/mol. The first-order valence-electron chi connectivity index (χ1n) is 4.53. The van der Waals surface area contributed by atoms with Crippen molar-refractivity contribution in [2.24, 2.45) is 5.73 Å². The number of hydrogen-bond acceptors (Lipinski definition) is 4. The summed E-state index contributed by atoms with van der Waals surface area (Å²) >= 11 is 0. The third kappa shape index (κ3) is 1.63. The summed E-state index contributed by atoms with van der Waals surface area (Å²) in [5.74, 6) is -0.346. The van der Waals surface area contributed by atoms with Crippen molar-refractivity contribution >= 4 is 16.7 Å². The molecular weight excluding hydrogens is 210 g/mol. The van der Waals surface area contributed by atoms with Crippen LogP contribution in [0.5, 0.6) is 5.75 Å². The van der Waals surface area contributed by atoms with Crippen molar-refractivity contribution in [3.63, 3.8) is 0 Å². The zero-order chi connectivity index (χ0) is 11.7. The van der Waals surface area contributed by atoms with E-state index in [0.29, 0.717) is 16.5 Å². The molecule has 2 aromatic rings. The fourth-order valence-electron chi connectivity index (χ4n) is 1.42. The Labute approximate surface area is 90.4 Å². The van der Waals surface area contributed by atoms with Crippen molar-refractivity contribution in [2.75, 3.05) is 7.11 Å². The van der Waals surface area contributed by atoms with Crippen molar-refractivity contribution < 1.29 is 13.9 Å². The van der Waals surface area contributed by atoms with Gasteiger partial charge in [-0.25, -0.2) is 4.79 Å². The Morgan fingerprint density at radius 2 is 2.12 bits per heavy atom. The van der Waals surface area contributed by atoms with E-state index in [9.17, 15) is 9.59 Å². The zero-order valence-corrected chi connectivity index (χ0v) is 8.52. The first-order valence-corrected chi connectivity index (χ1v) is 4.53. The number of ether oxygens (including phenoxy) is 1. The minimum Gasteiger partial charge on any atom is -0.497 e. The fourth-order valence-corrected chi connectivity index (χ4v) is 1.42. The maximum atomic E-state index is 11.5. The van der Waals surface area contributed by atoms with Gasteiger partial charge in [-0.15, -0.1) is 0 Å². The quantitative estimate of drug-likeness (QED) is 0.813. The van der Waals surface area contributed by atoms with Gasteiger partial charge in [0.05, 0.1) is 12.5 Å². The van der Waals surface area contributed by atoms with Crippen LogP contribution in [0.1, 0.15) is 10.6 Å². The Bertz CT molecular complexity index is 615. The smallest absolute Gasteiger partial charge is 0.344 e. The molecule has 82 valence electrons. The minimum absolute atomic E-state index is 0.161. The van der Waals surface area contributed by atoms with Crippen molar-refractivity contribution in [2.45, 2.75) is 0 Å². The molecule has 1 amide bonds. The first-order chi connectivity index (χ1) is 7.61. The van der Waals surface area contributed by atoms with Gasteiger partial charge in [0.25, 0.3) is 5.91 Å². The maximum Gasteiger partial charge on any atom is 0.344 e. The number of carbonyl (C=O) groups is 1. The summed E-state index contributed by atoms with van der Waals surface area (Å²) in [5, 5.41) is 0.940. The molecule has 0 saturated carbocycles. The van der Waals surface area contributed by atoms with E-state index in [1.54, 1.807) is 18.2 Å². The molecule has 2 N–H and O–H groups in total. The van der Waals surface area contributed by atoms with Gasteiger partial charge in [0.1, 0.15) is 5.75 Å². The monoisotopic (exact) mass is 219 g/mol. The van der Waals surface area contributed by atoms with Gasteiger partial charge < -0.3 is 14.9 Å². The van der Waals surface area contributed by atoms with E-state index in [0.717, 1.165) is 0 Å². The van der Waals surface area contributed by atoms with Gasteiger partial charge in [0, 0.05) is 0 Å². The number of amides is 1. The standard InChI is InChI=1S/C11H9NO4/c1-15-7-2-3-8-6(4-7)5-9(10(12)13)16-11(8)14/h2-5H,1H3,(H2,12,13). The molecule has 0 saturated heterocycles. The Hall–Kier alpha value is -2.30. The summed E-state index contributed by atoms with van der Waals surface area (Å²) in [6, 6.07) is 6.27. The van der Waals surface area contributed by atoms with Crippen LogP contribution >= 0.6 is 0 Å². The van der Waals surface area contributed by atoms with E-state index in [2.05, 4.69) is 0 Å². The number of carbonyl (C=O) groups excluding carboxylic acids is 1. The lowest BCUT2D eigenvalue weighted by Crippen LogP contribution is -2.14. The van der Waals surface area contributed by atoms with Crippen molar-refractivity contribution in [3.8, 4) is 5.75 Å². The lowest BCUT2D eigenvalue weighted by atomic mass is 10.1. The van der Waals surface area contributed by atoms with Gasteiger partial charge in [-0.2, -0.15) is 0 Å². The van der Waals surface area contributed by atoms with Gasteiger partial charge >= 0.3 is 5.63 Å². The van der Waals surface area contributed by atoms with Crippen LogP contribution in [0.4, 0.5) is 0 Å². The number of primary amides is 1. The first kappa shape index (κ1) is 10.2. The summed E-state index contributed by atoms with van der Waals surface area (Å²) in [7, 11) is 1.52. The highest BCUT2D eigenvalue weighted by molar-refractivity contribution is 5.94. The van der Waals surface area contributed by atoms with Gasteiger partial charge in [-0.1, -0.05) is 0 Å². The number of rotatable bonds is 2. The van der Waals surface area contributed by atoms with E-state index in [-0.39, 0.29) is 5.76 Å². The molecule has 0 bridgehead atoms. The van der Waals surface area contributed by atoms with Crippen molar-refractivity contribution in [1.82, 2.24) is 0 Å². The summed E-state index contributed by atoms with van der Waals surface area (Å²) in [4.78, 5) is 22.4. The molecule has 0 aliphatic rings. The molecule has 1 aromatic carbocycles. The van der Waals surface area contributed by atoms with E-state index >= 15 is 0 Å². The molecular formula is C11H9NO4. The second-order valence-electron chi connectivity index (χ2n) is 3.22. The third-order valence-corrected chi connectivity index (χ3v) is 2.21. The highest BCUT2D eigenvalue weighted by Crippen LogP contribution is 2.19. The molecule has 0 fully saturated rings. The Morgan fingerprint density at radius 3 is 2.75 bits per heavy atom. The molecule has 0 aliphatic heterocycles. The second kappa shape index (κ2) is 3.69. The molecule has 2 rings (SSSR count).